The number of hydrogen-bond acceptors (Lipinski definition) is 7. The Morgan fingerprint density at radius 1 is 1.24 bits per heavy atom. The van der Waals surface area contributed by atoms with Crippen LogP contribution in [-0.4, -0.2) is 50.8 Å². The van der Waals surface area contributed by atoms with Crippen LogP contribution in [0.4, 0.5) is 10.2 Å². The van der Waals surface area contributed by atoms with Crippen molar-refractivity contribution in [1.29, 1.82) is 0 Å². The minimum atomic E-state index is -0.319. The van der Waals surface area contributed by atoms with Crippen LogP contribution in [-0.2, 0) is 11.4 Å². The molecule has 37 heavy (non-hydrogen) atoms. The van der Waals surface area contributed by atoms with Crippen molar-refractivity contribution in [1.82, 2.24) is 24.6 Å². The zero-order chi connectivity index (χ0) is 25.9. The van der Waals surface area contributed by atoms with E-state index in [1.54, 1.807) is 30.2 Å². The Morgan fingerprint density at radius 3 is 2.89 bits per heavy atom. The quantitative estimate of drug-likeness (QED) is 0.378. The van der Waals surface area contributed by atoms with E-state index in [-0.39, 0.29) is 24.4 Å². The smallest absolute Gasteiger partial charge is 0.246 e. The third-order valence-electron chi connectivity index (χ3n) is 6.47. The highest BCUT2D eigenvalue weighted by Crippen LogP contribution is 2.38. The number of piperidine rings is 1. The van der Waals surface area contributed by atoms with Crippen LogP contribution in [0.2, 0.25) is 0 Å². The minimum Gasteiger partial charge on any atom is -0.493 e. The maximum absolute atomic E-state index is 13.5. The number of nitrogen functional groups attached to an aromatic ring is 1. The lowest BCUT2D eigenvalue weighted by atomic mass is 10.1. The first-order chi connectivity index (χ1) is 18.0. The zero-order valence-corrected chi connectivity index (χ0v) is 20.4. The van der Waals surface area contributed by atoms with E-state index in [2.05, 4.69) is 16.5 Å². The SMILES string of the molecule is C=CC(=O)N1CCC[C@@H](n2nc(-c3ccc(OCc4cccc(F)c4)c(OC)c3)c3c(N)ncnc32)C1. The average Bonchev–Trinajstić information content (AvgIpc) is 3.32. The molecule has 2 aromatic carbocycles. The molecule has 0 bridgehead atoms. The first-order valence-corrected chi connectivity index (χ1v) is 11.9. The van der Waals surface area contributed by atoms with Crippen LogP contribution >= 0.6 is 0 Å². The van der Waals surface area contributed by atoms with Gasteiger partial charge in [-0.3, -0.25) is 4.79 Å². The van der Waals surface area contributed by atoms with Gasteiger partial charge >= 0.3 is 0 Å². The third-order valence-corrected chi connectivity index (χ3v) is 6.47. The van der Waals surface area contributed by atoms with Gasteiger partial charge in [-0.05, 0) is 54.8 Å². The van der Waals surface area contributed by atoms with E-state index >= 15 is 0 Å². The third kappa shape index (κ3) is 4.82. The molecule has 190 valence electrons. The molecule has 1 fully saturated rings. The molecule has 1 atom stereocenters. The number of benzene rings is 2. The van der Waals surface area contributed by atoms with Crippen molar-refractivity contribution >= 4 is 22.8 Å². The number of methoxy groups -OCH3 is 1. The van der Waals surface area contributed by atoms with Crippen LogP contribution in [0.5, 0.6) is 11.5 Å². The normalized spacial score (nSPS) is 15.5. The van der Waals surface area contributed by atoms with E-state index in [0.29, 0.717) is 52.7 Å². The lowest BCUT2D eigenvalue weighted by molar-refractivity contribution is -0.127. The summed E-state index contributed by atoms with van der Waals surface area (Å²) < 4.78 is 26.9. The van der Waals surface area contributed by atoms with Gasteiger partial charge in [-0.15, -0.1) is 0 Å². The molecule has 0 saturated carbocycles. The molecule has 3 heterocycles. The van der Waals surface area contributed by atoms with Crippen molar-refractivity contribution in [3.05, 3.63) is 72.8 Å². The summed E-state index contributed by atoms with van der Waals surface area (Å²) in [7, 11) is 1.55. The molecule has 1 aliphatic heterocycles. The van der Waals surface area contributed by atoms with Crippen molar-refractivity contribution in [2.45, 2.75) is 25.5 Å². The number of ether oxygens (including phenoxy) is 2. The van der Waals surface area contributed by atoms with E-state index in [1.807, 2.05) is 16.8 Å². The van der Waals surface area contributed by atoms with Crippen molar-refractivity contribution in [2.75, 3.05) is 25.9 Å². The first kappa shape index (κ1) is 24.2. The predicted octanol–water partition coefficient (Wildman–Crippen LogP) is 4.15. The number of rotatable bonds is 7. The van der Waals surface area contributed by atoms with E-state index in [4.69, 9.17) is 20.3 Å². The zero-order valence-electron chi connectivity index (χ0n) is 20.4. The summed E-state index contributed by atoms with van der Waals surface area (Å²) in [5.74, 6) is 0.892. The number of fused-ring (bicyclic) bond motifs is 1. The molecule has 4 aromatic rings. The Hall–Kier alpha value is -4.47. The molecule has 0 unspecified atom stereocenters. The Kier molecular flexibility index (Phi) is 6.72. The molecular formula is C27H27FN6O3. The number of nitrogens with zero attached hydrogens (tertiary/aromatic N) is 5. The number of anilines is 1. The Balaban J connectivity index is 1.49. The van der Waals surface area contributed by atoms with Gasteiger partial charge in [0.05, 0.1) is 18.5 Å². The van der Waals surface area contributed by atoms with Crippen molar-refractivity contribution in [2.24, 2.45) is 0 Å². The van der Waals surface area contributed by atoms with E-state index in [1.165, 1.54) is 24.5 Å². The predicted molar refractivity (Wildman–Crippen MR) is 138 cm³/mol. The van der Waals surface area contributed by atoms with Crippen LogP contribution in [0.3, 0.4) is 0 Å². The summed E-state index contributed by atoms with van der Waals surface area (Å²) in [4.78, 5) is 22.7. The summed E-state index contributed by atoms with van der Waals surface area (Å²) in [6, 6.07) is 11.6. The minimum absolute atomic E-state index is 0.0704. The van der Waals surface area contributed by atoms with Crippen LogP contribution in [0.1, 0.15) is 24.4 Å². The molecule has 0 radical (unpaired) electrons. The van der Waals surface area contributed by atoms with Gasteiger partial charge in [0.1, 0.15) is 30.3 Å². The van der Waals surface area contributed by atoms with E-state index < -0.39 is 0 Å². The standard InChI is InChI=1S/C27H27FN6O3/c1-3-23(35)33-11-5-8-20(14-33)34-27-24(26(29)30-16-31-27)25(32-34)18-9-10-21(22(13-18)36-2)37-15-17-6-4-7-19(28)12-17/h3-4,6-7,9-10,12-13,16,20H,1,5,8,11,14-15H2,2H3,(H2,29,30,31)/t20-/m1/s1. The van der Waals surface area contributed by atoms with Crippen LogP contribution in [0.25, 0.3) is 22.3 Å². The van der Waals surface area contributed by atoms with Gasteiger partial charge in [-0.1, -0.05) is 18.7 Å². The summed E-state index contributed by atoms with van der Waals surface area (Å²) in [6.45, 7) is 4.98. The lowest BCUT2D eigenvalue weighted by Crippen LogP contribution is -2.40. The topological polar surface area (TPSA) is 108 Å². The lowest BCUT2D eigenvalue weighted by Gasteiger charge is -2.32. The Labute approximate surface area is 213 Å². The Morgan fingerprint density at radius 2 is 2.11 bits per heavy atom. The number of likely N-dealkylation sites (tertiary alicyclic amines) is 1. The second-order valence-corrected chi connectivity index (χ2v) is 8.82. The van der Waals surface area contributed by atoms with Gasteiger partial charge in [0.25, 0.3) is 0 Å². The maximum atomic E-state index is 13.5. The first-order valence-electron chi connectivity index (χ1n) is 11.9. The monoisotopic (exact) mass is 502 g/mol. The highest BCUT2D eigenvalue weighted by molar-refractivity contribution is 5.98. The maximum Gasteiger partial charge on any atom is 0.246 e. The van der Waals surface area contributed by atoms with Gasteiger partial charge < -0.3 is 20.1 Å². The Bertz CT molecular complexity index is 1470. The fraction of sp³-hybridized carbons (Fsp3) is 0.259. The molecule has 0 spiro atoms. The molecule has 5 rings (SSSR count). The summed E-state index contributed by atoms with van der Waals surface area (Å²) >= 11 is 0. The second kappa shape index (κ2) is 10.3. The van der Waals surface area contributed by atoms with Crippen molar-refractivity contribution < 1.29 is 18.7 Å². The van der Waals surface area contributed by atoms with Gasteiger partial charge in [0.15, 0.2) is 17.1 Å². The molecule has 1 aliphatic rings. The summed E-state index contributed by atoms with van der Waals surface area (Å²) in [5, 5.41) is 5.53. The van der Waals surface area contributed by atoms with Crippen molar-refractivity contribution in [3.8, 4) is 22.8 Å². The number of halogens is 1. The number of aromatic nitrogens is 4. The molecule has 9 nitrogen and oxygen atoms in total. The molecule has 2 aromatic heterocycles. The van der Waals surface area contributed by atoms with Gasteiger partial charge in [-0.2, -0.15) is 5.10 Å². The molecule has 10 heteroatoms. The number of amides is 1. The van der Waals surface area contributed by atoms with E-state index in [0.717, 1.165) is 18.4 Å². The van der Waals surface area contributed by atoms with Crippen molar-refractivity contribution in [3.63, 3.8) is 0 Å². The van der Waals surface area contributed by atoms with Crippen LogP contribution in [0.15, 0.2) is 61.4 Å². The molecule has 1 saturated heterocycles. The van der Waals surface area contributed by atoms with Gasteiger partial charge in [0.2, 0.25) is 5.91 Å². The summed E-state index contributed by atoms with van der Waals surface area (Å²) in [5.41, 5.74) is 8.95. The molecular weight excluding hydrogens is 475 g/mol. The summed E-state index contributed by atoms with van der Waals surface area (Å²) in [6.07, 6.45) is 4.43. The van der Waals surface area contributed by atoms with Gasteiger partial charge in [0, 0.05) is 18.7 Å². The number of hydrogen-bond donors (Lipinski definition) is 1. The number of carbonyl (C=O) groups is 1. The number of nitrogens with two attached hydrogens (primary N) is 1. The molecule has 1 amide bonds. The second-order valence-electron chi connectivity index (χ2n) is 8.82. The molecule has 2 N–H and O–H groups in total. The highest BCUT2D eigenvalue weighted by Gasteiger charge is 2.28. The number of carbonyl (C=O) groups excluding carboxylic acids is 1. The fourth-order valence-electron chi connectivity index (χ4n) is 4.66. The molecule has 0 aliphatic carbocycles. The van der Waals surface area contributed by atoms with E-state index in [9.17, 15) is 9.18 Å². The van der Waals surface area contributed by atoms with Gasteiger partial charge in [-0.25, -0.2) is 19.0 Å². The van der Waals surface area contributed by atoms with Crippen LogP contribution < -0.4 is 15.2 Å². The highest BCUT2D eigenvalue weighted by atomic mass is 19.1. The fourth-order valence-corrected chi connectivity index (χ4v) is 4.66. The largest absolute Gasteiger partial charge is 0.493 e. The van der Waals surface area contributed by atoms with Crippen LogP contribution in [0, 0.1) is 5.82 Å². The average molecular weight is 503 g/mol.